The van der Waals surface area contributed by atoms with Gasteiger partial charge < -0.3 is 5.32 Å². The molecule has 1 aliphatic carbocycles. The van der Waals surface area contributed by atoms with E-state index in [1.807, 2.05) is 0 Å². The molecule has 0 heterocycles. The lowest BCUT2D eigenvalue weighted by Crippen LogP contribution is -2.41. The van der Waals surface area contributed by atoms with E-state index >= 15 is 0 Å². The highest BCUT2D eigenvalue weighted by Gasteiger charge is 2.31. The molecule has 1 saturated carbocycles. The maximum absolute atomic E-state index is 12.3. The molecular weight excluding hydrogens is 218 g/mol. The number of hydrogen-bond donors (Lipinski definition) is 1. The van der Waals surface area contributed by atoms with E-state index in [2.05, 4.69) is 33.0 Å². The molecule has 0 saturated heterocycles. The average molecular weight is 245 g/mol. The highest BCUT2D eigenvalue weighted by molar-refractivity contribution is 7.87. The molecule has 0 amide bonds. The Balaban J connectivity index is 2.47. The molecule has 0 aliphatic heterocycles. The number of rotatable bonds is 4. The second kappa shape index (κ2) is 6.15. The van der Waals surface area contributed by atoms with Crippen molar-refractivity contribution in [3.05, 3.63) is 0 Å². The van der Waals surface area contributed by atoms with E-state index in [1.54, 1.807) is 0 Å². The second-order valence-corrected chi connectivity index (χ2v) is 8.34. The fraction of sp³-hybridized carbons (Fsp3) is 1.00. The Morgan fingerprint density at radius 1 is 1.31 bits per heavy atom. The maximum Gasteiger partial charge on any atom is 0.0377 e. The summed E-state index contributed by atoms with van der Waals surface area (Å²) in [7, 11) is -0.690. The zero-order valence-electron chi connectivity index (χ0n) is 11.2. The first-order chi connectivity index (χ1) is 7.45. The summed E-state index contributed by atoms with van der Waals surface area (Å²) in [6, 6.07) is 0.602. The third kappa shape index (κ3) is 4.17. The van der Waals surface area contributed by atoms with Crippen LogP contribution < -0.4 is 5.32 Å². The molecule has 0 aromatic rings. The SMILES string of the molecule is CCCNC1CCCC(S(=O)C(C)(C)C)C1. The Kier molecular flexibility index (Phi) is 5.45. The Morgan fingerprint density at radius 3 is 2.56 bits per heavy atom. The standard InChI is InChI=1S/C13H27NOS/c1-5-9-14-11-7-6-8-12(10-11)16(15)13(2,3)4/h11-12,14H,5-10H2,1-4H3. The van der Waals surface area contributed by atoms with Gasteiger partial charge in [0.25, 0.3) is 0 Å². The van der Waals surface area contributed by atoms with Crippen molar-refractivity contribution in [3.8, 4) is 0 Å². The smallest absolute Gasteiger partial charge is 0.0377 e. The van der Waals surface area contributed by atoms with E-state index in [4.69, 9.17) is 0 Å². The van der Waals surface area contributed by atoms with E-state index in [0.29, 0.717) is 11.3 Å². The van der Waals surface area contributed by atoms with Gasteiger partial charge in [-0.1, -0.05) is 13.3 Å². The van der Waals surface area contributed by atoms with Crippen LogP contribution >= 0.6 is 0 Å². The third-order valence-electron chi connectivity index (χ3n) is 3.22. The zero-order chi connectivity index (χ0) is 12.2. The van der Waals surface area contributed by atoms with Crippen LogP contribution in [0.1, 0.15) is 59.8 Å². The van der Waals surface area contributed by atoms with Crippen LogP contribution in [0.25, 0.3) is 0 Å². The quantitative estimate of drug-likeness (QED) is 0.825. The van der Waals surface area contributed by atoms with Gasteiger partial charge in [0.05, 0.1) is 0 Å². The van der Waals surface area contributed by atoms with Crippen LogP contribution in [0.4, 0.5) is 0 Å². The maximum atomic E-state index is 12.3. The van der Waals surface area contributed by atoms with Crippen molar-refractivity contribution in [1.82, 2.24) is 5.32 Å². The van der Waals surface area contributed by atoms with Crippen LogP contribution in [-0.2, 0) is 10.8 Å². The van der Waals surface area contributed by atoms with Crippen molar-refractivity contribution in [1.29, 1.82) is 0 Å². The molecule has 0 bridgehead atoms. The van der Waals surface area contributed by atoms with Crippen LogP contribution in [0.2, 0.25) is 0 Å². The van der Waals surface area contributed by atoms with Gasteiger partial charge in [-0.05, 0) is 53.0 Å². The second-order valence-electron chi connectivity index (χ2n) is 5.85. The van der Waals surface area contributed by atoms with Gasteiger partial charge in [-0.15, -0.1) is 0 Å². The van der Waals surface area contributed by atoms with Crippen LogP contribution in [0.5, 0.6) is 0 Å². The summed E-state index contributed by atoms with van der Waals surface area (Å²) in [6.07, 6.45) is 5.92. The van der Waals surface area contributed by atoms with E-state index < -0.39 is 10.8 Å². The summed E-state index contributed by atoms with van der Waals surface area (Å²) in [5, 5.41) is 3.98. The molecule has 2 nitrogen and oxygen atoms in total. The summed E-state index contributed by atoms with van der Waals surface area (Å²) in [5.74, 6) is 0. The van der Waals surface area contributed by atoms with Crippen molar-refractivity contribution < 1.29 is 4.21 Å². The molecular formula is C13H27NOS. The van der Waals surface area contributed by atoms with Gasteiger partial charge in [0.15, 0.2) is 0 Å². The van der Waals surface area contributed by atoms with Gasteiger partial charge in [-0.3, -0.25) is 4.21 Å². The van der Waals surface area contributed by atoms with Crippen molar-refractivity contribution in [2.75, 3.05) is 6.54 Å². The van der Waals surface area contributed by atoms with Gasteiger partial charge in [-0.2, -0.15) is 0 Å². The summed E-state index contributed by atoms with van der Waals surface area (Å²) in [6.45, 7) is 9.56. The van der Waals surface area contributed by atoms with E-state index in [0.717, 1.165) is 19.4 Å². The molecule has 3 unspecified atom stereocenters. The Hall–Kier alpha value is 0.110. The minimum absolute atomic E-state index is 0.0582. The predicted octanol–water partition coefficient (Wildman–Crippen LogP) is 2.84. The molecule has 1 aliphatic rings. The van der Waals surface area contributed by atoms with E-state index in [9.17, 15) is 4.21 Å². The molecule has 1 rings (SSSR count). The van der Waals surface area contributed by atoms with Gasteiger partial charge >= 0.3 is 0 Å². The molecule has 0 spiro atoms. The largest absolute Gasteiger partial charge is 0.314 e. The molecule has 1 N–H and O–H groups in total. The van der Waals surface area contributed by atoms with Crippen molar-refractivity contribution in [2.24, 2.45) is 0 Å². The van der Waals surface area contributed by atoms with Gasteiger partial charge in [0.2, 0.25) is 0 Å². The van der Waals surface area contributed by atoms with Crippen LogP contribution in [0.3, 0.4) is 0 Å². The van der Waals surface area contributed by atoms with Crippen molar-refractivity contribution in [3.63, 3.8) is 0 Å². The first-order valence-corrected chi connectivity index (χ1v) is 7.80. The van der Waals surface area contributed by atoms with Crippen molar-refractivity contribution >= 4 is 10.8 Å². The van der Waals surface area contributed by atoms with Gasteiger partial charge in [0.1, 0.15) is 0 Å². The van der Waals surface area contributed by atoms with Gasteiger partial charge in [0, 0.05) is 26.8 Å². The van der Waals surface area contributed by atoms with Crippen LogP contribution in [0.15, 0.2) is 0 Å². The van der Waals surface area contributed by atoms with Crippen molar-refractivity contribution in [2.45, 2.75) is 75.8 Å². The third-order valence-corrected chi connectivity index (χ3v) is 5.46. The molecule has 3 atom stereocenters. The lowest BCUT2D eigenvalue weighted by Gasteiger charge is -2.33. The Bertz CT molecular complexity index is 235. The first kappa shape index (κ1) is 14.2. The molecule has 1 fully saturated rings. The minimum Gasteiger partial charge on any atom is -0.314 e. The van der Waals surface area contributed by atoms with Crippen LogP contribution in [-0.4, -0.2) is 26.8 Å². The summed E-state index contributed by atoms with van der Waals surface area (Å²) >= 11 is 0. The predicted molar refractivity (Wildman–Crippen MR) is 72.2 cm³/mol. The molecule has 16 heavy (non-hydrogen) atoms. The lowest BCUT2D eigenvalue weighted by atomic mass is 9.95. The molecule has 3 heteroatoms. The average Bonchev–Trinajstić information content (AvgIpc) is 2.24. The number of hydrogen-bond acceptors (Lipinski definition) is 2. The molecule has 0 aromatic carbocycles. The summed E-state index contributed by atoms with van der Waals surface area (Å²) < 4.78 is 12.3. The minimum atomic E-state index is -0.690. The fourth-order valence-electron chi connectivity index (χ4n) is 2.37. The number of nitrogens with one attached hydrogen (secondary N) is 1. The topological polar surface area (TPSA) is 29.1 Å². The Labute approximate surface area is 103 Å². The van der Waals surface area contributed by atoms with Crippen LogP contribution in [0, 0.1) is 0 Å². The zero-order valence-corrected chi connectivity index (χ0v) is 12.0. The first-order valence-electron chi connectivity index (χ1n) is 6.59. The van der Waals surface area contributed by atoms with E-state index in [-0.39, 0.29) is 4.75 Å². The highest BCUT2D eigenvalue weighted by Crippen LogP contribution is 2.28. The lowest BCUT2D eigenvalue weighted by molar-refractivity contribution is 0.376. The molecule has 0 aromatic heterocycles. The summed E-state index contributed by atoms with van der Waals surface area (Å²) in [5.41, 5.74) is 0. The van der Waals surface area contributed by atoms with Gasteiger partial charge in [-0.25, -0.2) is 0 Å². The normalized spacial score (nSPS) is 29.0. The monoisotopic (exact) mass is 245 g/mol. The highest BCUT2D eigenvalue weighted by atomic mass is 32.2. The molecule has 96 valence electrons. The Morgan fingerprint density at radius 2 is 2.00 bits per heavy atom. The van der Waals surface area contributed by atoms with E-state index in [1.165, 1.54) is 19.3 Å². The molecule has 0 radical (unpaired) electrons. The summed E-state index contributed by atoms with van der Waals surface area (Å²) in [4.78, 5) is 0. The fourth-order valence-corrected chi connectivity index (χ4v) is 4.16.